The molecule has 0 aromatic heterocycles. The summed E-state index contributed by atoms with van der Waals surface area (Å²) in [4.78, 5) is 10.2. The number of ether oxygens (including phenoxy) is 3. The van der Waals surface area contributed by atoms with Gasteiger partial charge >= 0.3 is 0 Å². The van der Waals surface area contributed by atoms with Gasteiger partial charge in [0.05, 0.1) is 26.4 Å². The number of carbonyl (C=O) groups excluding carboxylic acids is 1. The van der Waals surface area contributed by atoms with E-state index in [-0.39, 0.29) is 6.61 Å². The predicted octanol–water partition coefficient (Wildman–Crippen LogP) is -0.0685. The molecule has 0 aliphatic rings. The van der Waals surface area contributed by atoms with Gasteiger partial charge < -0.3 is 19.9 Å². The minimum Gasteiger partial charge on any atom is -0.379 e. The van der Waals surface area contributed by atoms with Crippen molar-refractivity contribution in [2.24, 2.45) is 5.73 Å². The Bertz CT molecular complexity index is 141. The van der Waals surface area contributed by atoms with Gasteiger partial charge in [-0.3, -0.25) is 4.79 Å². The Hall–Kier alpha value is -0.650. The molecule has 0 saturated heterocycles. The van der Waals surface area contributed by atoms with Crippen molar-refractivity contribution in [1.82, 2.24) is 0 Å². The fourth-order valence-electron chi connectivity index (χ4n) is 0.757. The summed E-state index contributed by atoms with van der Waals surface area (Å²) in [5.74, 6) is -0.462. The Morgan fingerprint density at radius 3 is 2.00 bits per heavy atom. The van der Waals surface area contributed by atoms with E-state index in [1.165, 1.54) is 0 Å². The maximum Gasteiger partial charge on any atom is 0.243 e. The van der Waals surface area contributed by atoms with Crippen molar-refractivity contribution >= 4 is 5.91 Å². The largest absolute Gasteiger partial charge is 0.379 e. The Kier molecular flexibility index (Phi) is 9.95. The normalized spacial score (nSPS) is 10.4. The van der Waals surface area contributed by atoms with Crippen LogP contribution in [0.15, 0.2) is 0 Å². The lowest BCUT2D eigenvalue weighted by atomic mass is 10.5. The molecule has 0 aliphatic carbocycles. The first kappa shape index (κ1) is 13.4. The van der Waals surface area contributed by atoms with Crippen LogP contribution in [0.2, 0.25) is 0 Å². The molecule has 0 aromatic rings. The lowest BCUT2D eigenvalue weighted by molar-refractivity contribution is -0.123. The van der Waals surface area contributed by atoms with E-state index in [9.17, 15) is 4.79 Å². The quantitative estimate of drug-likeness (QED) is 0.507. The number of nitrogens with two attached hydrogens (primary N) is 1. The third kappa shape index (κ3) is 11.4. The second kappa shape index (κ2) is 10.4. The lowest BCUT2D eigenvalue weighted by Crippen LogP contribution is -2.20. The summed E-state index contributed by atoms with van der Waals surface area (Å²) in [6, 6.07) is 0. The number of hydrogen-bond acceptors (Lipinski definition) is 4. The summed E-state index contributed by atoms with van der Waals surface area (Å²) in [7, 11) is 0. The van der Waals surface area contributed by atoms with Crippen molar-refractivity contribution in [2.45, 2.75) is 13.3 Å². The summed E-state index contributed by atoms with van der Waals surface area (Å²) in [5, 5.41) is 0. The van der Waals surface area contributed by atoms with Gasteiger partial charge in [-0.2, -0.15) is 0 Å². The van der Waals surface area contributed by atoms with Crippen molar-refractivity contribution in [2.75, 3.05) is 39.6 Å². The topological polar surface area (TPSA) is 70.8 Å². The molecule has 0 spiro atoms. The fourth-order valence-corrected chi connectivity index (χ4v) is 0.757. The van der Waals surface area contributed by atoms with E-state index in [0.717, 1.165) is 13.0 Å². The molecule has 0 bridgehead atoms. The minimum absolute atomic E-state index is 0.0459. The van der Waals surface area contributed by atoms with E-state index in [0.29, 0.717) is 26.4 Å². The number of primary amides is 1. The number of hydrogen-bond donors (Lipinski definition) is 1. The van der Waals surface area contributed by atoms with Gasteiger partial charge in [0.25, 0.3) is 0 Å². The van der Waals surface area contributed by atoms with Gasteiger partial charge in [-0.15, -0.1) is 0 Å². The molecule has 14 heavy (non-hydrogen) atoms. The molecule has 0 aromatic carbocycles. The van der Waals surface area contributed by atoms with Crippen LogP contribution in [0.4, 0.5) is 0 Å². The fraction of sp³-hybridized carbons (Fsp3) is 0.889. The summed E-state index contributed by atoms with van der Waals surface area (Å²) in [5.41, 5.74) is 4.86. The molecule has 0 radical (unpaired) electrons. The van der Waals surface area contributed by atoms with Crippen LogP contribution in [-0.2, 0) is 19.0 Å². The summed E-state index contributed by atoms with van der Waals surface area (Å²) >= 11 is 0. The van der Waals surface area contributed by atoms with Crippen molar-refractivity contribution in [3.05, 3.63) is 0 Å². The van der Waals surface area contributed by atoms with E-state index in [2.05, 4.69) is 6.92 Å². The van der Waals surface area contributed by atoms with Gasteiger partial charge in [0, 0.05) is 6.61 Å². The van der Waals surface area contributed by atoms with Crippen LogP contribution in [0.1, 0.15) is 13.3 Å². The zero-order valence-corrected chi connectivity index (χ0v) is 8.66. The summed E-state index contributed by atoms with van der Waals surface area (Å²) in [6.07, 6.45) is 1.02. The molecule has 5 nitrogen and oxygen atoms in total. The van der Waals surface area contributed by atoms with Crippen LogP contribution in [-0.4, -0.2) is 45.5 Å². The Labute approximate surface area is 84.5 Å². The first-order chi connectivity index (χ1) is 6.77. The van der Waals surface area contributed by atoms with Crippen molar-refractivity contribution in [1.29, 1.82) is 0 Å². The highest BCUT2D eigenvalue weighted by Gasteiger charge is 1.93. The average Bonchev–Trinajstić information content (AvgIpc) is 2.15. The lowest BCUT2D eigenvalue weighted by Gasteiger charge is -2.04. The van der Waals surface area contributed by atoms with Gasteiger partial charge in [-0.05, 0) is 6.42 Å². The monoisotopic (exact) mass is 205 g/mol. The Morgan fingerprint density at radius 2 is 1.50 bits per heavy atom. The Morgan fingerprint density at radius 1 is 1.00 bits per heavy atom. The van der Waals surface area contributed by atoms with E-state index < -0.39 is 5.91 Å². The molecule has 0 aliphatic heterocycles. The molecular weight excluding hydrogens is 186 g/mol. The smallest absolute Gasteiger partial charge is 0.243 e. The zero-order valence-electron chi connectivity index (χ0n) is 8.66. The maximum atomic E-state index is 10.2. The third-order valence-electron chi connectivity index (χ3n) is 1.34. The standard InChI is InChI=1S/C9H19NO4/c1-2-3-12-4-5-13-6-7-14-8-9(10)11/h2-8H2,1H3,(H2,10,11). The maximum absolute atomic E-state index is 10.2. The van der Waals surface area contributed by atoms with E-state index in [1.54, 1.807) is 0 Å². The second-order valence-electron chi connectivity index (χ2n) is 2.74. The molecule has 5 heteroatoms. The number of amides is 1. The second-order valence-corrected chi connectivity index (χ2v) is 2.74. The molecule has 1 amide bonds. The SMILES string of the molecule is CCCOCCOCCOCC(N)=O. The number of carbonyl (C=O) groups is 1. The van der Waals surface area contributed by atoms with Crippen molar-refractivity contribution < 1.29 is 19.0 Å². The van der Waals surface area contributed by atoms with Crippen molar-refractivity contribution in [3.8, 4) is 0 Å². The highest BCUT2D eigenvalue weighted by atomic mass is 16.5. The number of rotatable bonds is 10. The molecule has 0 unspecified atom stereocenters. The minimum atomic E-state index is -0.462. The predicted molar refractivity (Wildman–Crippen MR) is 51.9 cm³/mol. The van der Waals surface area contributed by atoms with Crippen LogP contribution in [0.25, 0.3) is 0 Å². The Balaban J connectivity index is 2.88. The average molecular weight is 205 g/mol. The van der Waals surface area contributed by atoms with Crippen LogP contribution in [0.5, 0.6) is 0 Å². The molecule has 0 atom stereocenters. The molecule has 0 saturated carbocycles. The van der Waals surface area contributed by atoms with Crippen LogP contribution < -0.4 is 5.73 Å². The van der Waals surface area contributed by atoms with Crippen molar-refractivity contribution in [3.63, 3.8) is 0 Å². The van der Waals surface area contributed by atoms with E-state index in [1.807, 2.05) is 0 Å². The molecule has 2 N–H and O–H groups in total. The molecule has 0 fully saturated rings. The molecule has 0 heterocycles. The van der Waals surface area contributed by atoms with Crippen LogP contribution >= 0.6 is 0 Å². The zero-order chi connectivity index (χ0) is 10.6. The molecule has 84 valence electrons. The van der Waals surface area contributed by atoms with Gasteiger partial charge in [-0.25, -0.2) is 0 Å². The van der Waals surface area contributed by atoms with Gasteiger partial charge in [0.1, 0.15) is 6.61 Å². The first-order valence-electron chi connectivity index (χ1n) is 4.79. The third-order valence-corrected chi connectivity index (χ3v) is 1.34. The van der Waals surface area contributed by atoms with Gasteiger partial charge in [0.2, 0.25) is 5.91 Å². The highest BCUT2D eigenvalue weighted by molar-refractivity contribution is 5.74. The summed E-state index contributed by atoms with van der Waals surface area (Å²) in [6.45, 7) is 4.78. The first-order valence-corrected chi connectivity index (χ1v) is 4.79. The molecule has 0 rings (SSSR count). The van der Waals surface area contributed by atoms with E-state index >= 15 is 0 Å². The highest BCUT2D eigenvalue weighted by Crippen LogP contribution is 1.82. The van der Waals surface area contributed by atoms with Crippen LogP contribution in [0, 0.1) is 0 Å². The van der Waals surface area contributed by atoms with E-state index in [4.69, 9.17) is 19.9 Å². The van der Waals surface area contributed by atoms with Gasteiger partial charge in [-0.1, -0.05) is 6.92 Å². The van der Waals surface area contributed by atoms with Gasteiger partial charge in [0.15, 0.2) is 0 Å². The summed E-state index contributed by atoms with van der Waals surface area (Å²) < 4.78 is 15.2. The van der Waals surface area contributed by atoms with Crippen LogP contribution in [0.3, 0.4) is 0 Å². The molecular formula is C9H19NO4.